The lowest BCUT2D eigenvalue weighted by molar-refractivity contribution is 0.155. The molecule has 2 N–H and O–H groups in total. The van der Waals surface area contributed by atoms with Crippen molar-refractivity contribution >= 4 is 15.9 Å². The molecule has 7 heteroatoms. The van der Waals surface area contributed by atoms with Crippen LogP contribution in [0.25, 0.3) is 0 Å². The number of nitrogens with two attached hydrogens (primary N) is 1. The van der Waals surface area contributed by atoms with Gasteiger partial charge in [-0.15, -0.1) is 10.2 Å². The van der Waals surface area contributed by atoms with E-state index in [4.69, 9.17) is 10.5 Å². The molecule has 0 saturated heterocycles. The molecule has 0 amide bonds. The predicted molar refractivity (Wildman–Crippen MR) is 82.9 cm³/mol. The molecular weight excluding hydrogens is 334 g/mol. The van der Waals surface area contributed by atoms with Crippen molar-refractivity contribution in [3.05, 3.63) is 40.4 Å². The molecule has 0 bridgehead atoms. The van der Waals surface area contributed by atoms with Gasteiger partial charge >= 0.3 is 0 Å². The zero-order chi connectivity index (χ0) is 14.8. The van der Waals surface area contributed by atoms with Crippen molar-refractivity contribution in [2.75, 3.05) is 20.2 Å². The van der Waals surface area contributed by atoms with Crippen LogP contribution < -0.4 is 10.5 Å². The summed E-state index contributed by atoms with van der Waals surface area (Å²) in [6, 6.07) is 6.11. The lowest BCUT2D eigenvalue weighted by Crippen LogP contribution is -2.39. The van der Waals surface area contributed by atoms with Crippen LogP contribution in [-0.4, -0.2) is 39.9 Å². The molecule has 112 valence electrons. The molecule has 0 spiro atoms. The van der Waals surface area contributed by atoms with E-state index in [1.807, 2.05) is 18.2 Å². The molecule has 2 aromatic rings. The lowest BCUT2D eigenvalue weighted by atomic mass is 10.0. The fourth-order valence-corrected chi connectivity index (χ4v) is 3.24. The highest BCUT2D eigenvalue weighted by molar-refractivity contribution is 9.10. The number of fused-ring (bicyclic) bond motifs is 1. The second kappa shape index (κ2) is 6.13. The van der Waals surface area contributed by atoms with Gasteiger partial charge in [0.1, 0.15) is 17.9 Å². The molecule has 1 unspecified atom stereocenters. The van der Waals surface area contributed by atoms with E-state index in [0.29, 0.717) is 6.54 Å². The summed E-state index contributed by atoms with van der Waals surface area (Å²) in [7, 11) is 1.67. The minimum Gasteiger partial charge on any atom is -0.497 e. The van der Waals surface area contributed by atoms with Crippen LogP contribution in [0.4, 0.5) is 0 Å². The van der Waals surface area contributed by atoms with Crippen LogP contribution in [0.2, 0.25) is 0 Å². The Morgan fingerprint density at radius 3 is 3.05 bits per heavy atom. The first-order valence-electron chi connectivity index (χ1n) is 6.87. The summed E-state index contributed by atoms with van der Waals surface area (Å²) in [6.07, 6.45) is 1.78. The summed E-state index contributed by atoms with van der Waals surface area (Å²) in [5.41, 5.74) is 7.19. The highest BCUT2D eigenvalue weighted by Gasteiger charge is 2.26. The molecule has 1 atom stereocenters. The smallest absolute Gasteiger partial charge is 0.147 e. The van der Waals surface area contributed by atoms with Crippen LogP contribution in [0.3, 0.4) is 0 Å². The Morgan fingerprint density at radius 2 is 2.29 bits per heavy atom. The molecule has 6 nitrogen and oxygen atoms in total. The molecule has 1 aliphatic heterocycles. The third-order valence-electron chi connectivity index (χ3n) is 3.89. The van der Waals surface area contributed by atoms with Gasteiger partial charge in [-0.25, -0.2) is 0 Å². The molecule has 0 saturated carbocycles. The van der Waals surface area contributed by atoms with Crippen molar-refractivity contribution in [3.63, 3.8) is 0 Å². The lowest BCUT2D eigenvalue weighted by Gasteiger charge is -2.34. The molecular formula is C14H18BrN5O. The predicted octanol–water partition coefficient (Wildman–Crippen LogP) is 1.56. The molecule has 1 aliphatic rings. The number of rotatable bonds is 4. The number of benzene rings is 1. The molecule has 21 heavy (non-hydrogen) atoms. The van der Waals surface area contributed by atoms with Crippen molar-refractivity contribution in [2.24, 2.45) is 5.73 Å². The SMILES string of the molecule is COc1ccc(Br)c(C(CN)N2CCn3cnnc3C2)c1. The summed E-state index contributed by atoms with van der Waals surface area (Å²) in [5.74, 6) is 1.82. The van der Waals surface area contributed by atoms with Crippen molar-refractivity contribution in [2.45, 2.75) is 19.1 Å². The molecule has 0 aliphatic carbocycles. The van der Waals surface area contributed by atoms with Crippen LogP contribution in [-0.2, 0) is 13.1 Å². The van der Waals surface area contributed by atoms with Crippen LogP contribution in [0.1, 0.15) is 17.4 Å². The monoisotopic (exact) mass is 351 g/mol. The van der Waals surface area contributed by atoms with Gasteiger partial charge < -0.3 is 15.0 Å². The van der Waals surface area contributed by atoms with Crippen LogP contribution in [0, 0.1) is 0 Å². The summed E-state index contributed by atoms with van der Waals surface area (Å²) >= 11 is 3.62. The van der Waals surface area contributed by atoms with Gasteiger partial charge in [0.2, 0.25) is 0 Å². The largest absolute Gasteiger partial charge is 0.497 e. The van der Waals surface area contributed by atoms with E-state index in [1.165, 1.54) is 0 Å². The summed E-state index contributed by atoms with van der Waals surface area (Å²) in [5, 5.41) is 8.13. The maximum atomic E-state index is 6.05. The van der Waals surface area contributed by atoms with Crippen molar-refractivity contribution in [1.29, 1.82) is 0 Å². The zero-order valence-corrected chi connectivity index (χ0v) is 13.5. The first-order chi connectivity index (χ1) is 10.2. The van der Waals surface area contributed by atoms with E-state index in [-0.39, 0.29) is 6.04 Å². The van der Waals surface area contributed by atoms with Gasteiger partial charge in [-0.2, -0.15) is 0 Å². The fourth-order valence-electron chi connectivity index (χ4n) is 2.73. The molecule has 3 rings (SSSR count). The van der Waals surface area contributed by atoms with Gasteiger partial charge in [0.15, 0.2) is 0 Å². The third-order valence-corrected chi connectivity index (χ3v) is 4.62. The van der Waals surface area contributed by atoms with E-state index in [0.717, 1.165) is 41.2 Å². The zero-order valence-electron chi connectivity index (χ0n) is 11.9. The Kier molecular flexibility index (Phi) is 4.23. The van der Waals surface area contributed by atoms with Gasteiger partial charge in [-0.05, 0) is 23.8 Å². The molecule has 0 radical (unpaired) electrons. The highest BCUT2D eigenvalue weighted by atomic mass is 79.9. The topological polar surface area (TPSA) is 69.2 Å². The summed E-state index contributed by atoms with van der Waals surface area (Å²) in [6.45, 7) is 3.11. The fraction of sp³-hybridized carbons (Fsp3) is 0.429. The van der Waals surface area contributed by atoms with Crippen LogP contribution in [0.5, 0.6) is 5.75 Å². The normalized spacial score (nSPS) is 16.5. The quantitative estimate of drug-likeness (QED) is 0.905. The average Bonchev–Trinajstić information content (AvgIpc) is 2.97. The maximum Gasteiger partial charge on any atom is 0.147 e. The maximum absolute atomic E-state index is 6.05. The van der Waals surface area contributed by atoms with Gasteiger partial charge in [0.25, 0.3) is 0 Å². The summed E-state index contributed by atoms with van der Waals surface area (Å²) in [4.78, 5) is 2.34. The van der Waals surface area contributed by atoms with E-state index in [2.05, 4.69) is 35.6 Å². The first kappa shape index (κ1) is 14.5. The number of methoxy groups -OCH3 is 1. The van der Waals surface area contributed by atoms with Crippen LogP contribution in [0.15, 0.2) is 29.0 Å². The van der Waals surface area contributed by atoms with Gasteiger partial charge in [0, 0.05) is 30.1 Å². The standard InChI is InChI=1S/C14H18BrN5O/c1-21-10-2-3-12(15)11(6-10)13(7-16)19-4-5-20-9-17-18-14(20)8-19/h2-3,6,9,13H,4-5,7-8,16H2,1H3. The molecule has 1 aromatic heterocycles. The highest BCUT2D eigenvalue weighted by Crippen LogP contribution is 2.32. The van der Waals surface area contributed by atoms with Crippen molar-refractivity contribution < 1.29 is 4.74 Å². The second-order valence-corrected chi connectivity index (χ2v) is 5.90. The van der Waals surface area contributed by atoms with Crippen molar-refractivity contribution in [3.8, 4) is 5.75 Å². The Balaban J connectivity index is 1.89. The number of hydrogen-bond acceptors (Lipinski definition) is 5. The van der Waals surface area contributed by atoms with Gasteiger partial charge in [-0.3, -0.25) is 4.90 Å². The Morgan fingerprint density at radius 1 is 1.43 bits per heavy atom. The molecule has 2 heterocycles. The Bertz CT molecular complexity index is 630. The van der Waals surface area contributed by atoms with Gasteiger partial charge in [-0.1, -0.05) is 15.9 Å². The minimum atomic E-state index is 0.125. The van der Waals surface area contributed by atoms with E-state index in [9.17, 15) is 0 Å². The van der Waals surface area contributed by atoms with Gasteiger partial charge in [0.05, 0.1) is 13.7 Å². The number of halogens is 1. The Labute approximate surface area is 132 Å². The van der Waals surface area contributed by atoms with E-state index >= 15 is 0 Å². The van der Waals surface area contributed by atoms with E-state index < -0.39 is 0 Å². The van der Waals surface area contributed by atoms with Crippen LogP contribution >= 0.6 is 15.9 Å². The number of hydrogen-bond donors (Lipinski definition) is 1. The second-order valence-electron chi connectivity index (χ2n) is 5.05. The third kappa shape index (κ3) is 2.81. The molecule has 1 aromatic carbocycles. The molecule has 0 fully saturated rings. The average molecular weight is 352 g/mol. The van der Waals surface area contributed by atoms with Crippen molar-refractivity contribution in [1.82, 2.24) is 19.7 Å². The minimum absolute atomic E-state index is 0.125. The number of nitrogens with zero attached hydrogens (tertiary/aromatic N) is 4. The number of aromatic nitrogens is 3. The Hall–Kier alpha value is -1.44. The summed E-state index contributed by atoms with van der Waals surface area (Å²) < 4.78 is 8.46. The van der Waals surface area contributed by atoms with E-state index in [1.54, 1.807) is 13.4 Å². The first-order valence-corrected chi connectivity index (χ1v) is 7.66. The number of ether oxygens (including phenoxy) is 1.